The van der Waals surface area contributed by atoms with Crippen LogP contribution in [0.15, 0.2) is 57.7 Å². The molecule has 122 valence electrons. The number of nitrogens with zero attached hydrogens (tertiary/aromatic N) is 1. The van der Waals surface area contributed by atoms with E-state index in [1.807, 2.05) is 0 Å². The van der Waals surface area contributed by atoms with Gasteiger partial charge in [-0.25, -0.2) is 4.79 Å². The zero-order chi connectivity index (χ0) is 16.9. The molecule has 0 saturated carbocycles. The highest BCUT2D eigenvalue weighted by molar-refractivity contribution is 5.92. The van der Waals surface area contributed by atoms with Gasteiger partial charge >= 0.3 is 5.97 Å². The zero-order valence-electron chi connectivity index (χ0n) is 12.8. The average Bonchev–Trinajstić information content (AvgIpc) is 3.24. The Labute approximate surface area is 137 Å². The molecule has 24 heavy (non-hydrogen) atoms. The van der Waals surface area contributed by atoms with Gasteiger partial charge in [0, 0.05) is 18.7 Å². The normalized spacial score (nSPS) is 10.4. The van der Waals surface area contributed by atoms with Crippen molar-refractivity contribution in [2.45, 2.75) is 13.5 Å². The lowest BCUT2D eigenvalue weighted by Crippen LogP contribution is -2.07. The van der Waals surface area contributed by atoms with Gasteiger partial charge in [0.2, 0.25) is 11.7 Å². The number of aromatic nitrogens is 1. The van der Waals surface area contributed by atoms with E-state index in [0.717, 1.165) is 0 Å². The highest BCUT2D eigenvalue weighted by Gasteiger charge is 2.12. The first kappa shape index (κ1) is 15.5. The number of carbonyl (C=O) groups excluding carboxylic acids is 2. The number of hydrogen-bond acceptors (Lipinski definition) is 6. The molecular formula is C17H14N2O5. The van der Waals surface area contributed by atoms with Crippen LogP contribution in [0.25, 0.3) is 11.5 Å². The third kappa shape index (κ3) is 3.70. The van der Waals surface area contributed by atoms with Gasteiger partial charge in [-0.3, -0.25) is 4.79 Å². The van der Waals surface area contributed by atoms with Gasteiger partial charge in [-0.15, -0.1) is 0 Å². The Morgan fingerprint density at radius 3 is 2.62 bits per heavy atom. The fourth-order valence-corrected chi connectivity index (χ4v) is 2.03. The fraction of sp³-hybridized carbons (Fsp3) is 0.118. The number of esters is 1. The van der Waals surface area contributed by atoms with Crippen LogP contribution in [0.2, 0.25) is 0 Å². The van der Waals surface area contributed by atoms with Gasteiger partial charge in [-0.1, -0.05) is 5.16 Å². The third-order valence-corrected chi connectivity index (χ3v) is 3.12. The van der Waals surface area contributed by atoms with Crippen LogP contribution in [0.1, 0.15) is 23.0 Å². The van der Waals surface area contributed by atoms with E-state index in [0.29, 0.717) is 28.5 Å². The molecule has 0 atom stereocenters. The molecule has 7 nitrogen and oxygen atoms in total. The smallest absolute Gasteiger partial charge is 0.338 e. The molecule has 1 N–H and O–H groups in total. The Kier molecular flexibility index (Phi) is 4.42. The van der Waals surface area contributed by atoms with Crippen molar-refractivity contribution < 1.29 is 23.3 Å². The van der Waals surface area contributed by atoms with Crippen LogP contribution in [0.3, 0.4) is 0 Å². The molecule has 0 spiro atoms. The van der Waals surface area contributed by atoms with Gasteiger partial charge in [0.05, 0.1) is 11.8 Å². The van der Waals surface area contributed by atoms with Crippen molar-refractivity contribution in [2.75, 3.05) is 5.32 Å². The Hall–Kier alpha value is -3.35. The lowest BCUT2D eigenvalue weighted by molar-refractivity contribution is -0.114. The highest BCUT2D eigenvalue weighted by atomic mass is 16.5. The van der Waals surface area contributed by atoms with Crippen LogP contribution >= 0.6 is 0 Å². The summed E-state index contributed by atoms with van der Waals surface area (Å²) in [7, 11) is 0. The van der Waals surface area contributed by atoms with E-state index >= 15 is 0 Å². The lowest BCUT2D eigenvalue weighted by Gasteiger charge is -2.04. The molecule has 3 rings (SSSR count). The van der Waals surface area contributed by atoms with E-state index in [4.69, 9.17) is 13.7 Å². The molecule has 0 fully saturated rings. The predicted octanol–water partition coefficient (Wildman–Crippen LogP) is 3.25. The number of furan rings is 1. The number of ether oxygens (including phenoxy) is 1. The van der Waals surface area contributed by atoms with Gasteiger partial charge in [0.1, 0.15) is 12.3 Å². The summed E-state index contributed by atoms with van der Waals surface area (Å²) in [4.78, 5) is 23.0. The SMILES string of the molecule is CC(=O)Nc1ccc(C(=O)OCc2cc(-c3ccco3)on2)cc1. The first-order valence-electron chi connectivity index (χ1n) is 7.16. The summed E-state index contributed by atoms with van der Waals surface area (Å²) in [6.07, 6.45) is 1.53. The molecule has 0 aliphatic carbocycles. The van der Waals surface area contributed by atoms with Gasteiger partial charge in [0.15, 0.2) is 5.76 Å². The van der Waals surface area contributed by atoms with E-state index < -0.39 is 5.97 Å². The van der Waals surface area contributed by atoms with E-state index in [-0.39, 0.29) is 12.5 Å². The van der Waals surface area contributed by atoms with Crippen LogP contribution in [0.4, 0.5) is 5.69 Å². The summed E-state index contributed by atoms with van der Waals surface area (Å²) in [5, 5.41) is 6.45. The van der Waals surface area contributed by atoms with E-state index in [2.05, 4.69) is 10.5 Å². The maximum Gasteiger partial charge on any atom is 0.338 e. The Balaban J connectivity index is 1.58. The largest absolute Gasteiger partial charge is 0.461 e. The van der Waals surface area contributed by atoms with Crippen molar-refractivity contribution in [3.05, 3.63) is 60.0 Å². The van der Waals surface area contributed by atoms with E-state index in [1.165, 1.54) is 13.2 Å². The topological polar surface area (TPSA) is 94.6 Å². The standard InChI is InChI=1S/C17H14N2O5/c1-11(20)18-13-6-4-12(5-7-13)17(21)23-10-14-9-16(24-19-14)15-3-2-8-22-15/h2-9H,10H2,1H3,(H,18,20). The summed E-state index contributed by atoms with van der Waals surface area (Å²) >= 11 is 0. The number of rotatable bonds is 5. The second-order valence-corrected chi connectivity index (χ2v) is 4.99. The molecule has 1 aromatic carbocycles. The maximum absolute atomic E-state index is 12.0. The van der Waals surface area contributed by atoms with Crippen molar-refractivity contribution in [2.24, 2.45) is 0 Å². The van der Waals surface area contributed by atoms with Gasteiger partial charge < -0.3 is 19.0 Å². The molecule has 0 aliphatic rings. The molecule has 0 radical (unpaired) electrons. The predicted molar refractivity (Wildman–Crippen MR) is 84.1 cm³/mol. The molecule has 7 heteroatoms. The summed E-state index contributed by atoms with van der Waals surface area (Å²) in [6, 6.07) is 11.5. The molecule has 0 saturated heterocycles. The first-order valence-corrected chi connectivity index (χ1v) is 7.16. The van der Waals surface area contributed by atoms with Crippen LogP contribution in [-0.4, -0.2) is 17.0 Å². The number of benzene rings is 1. The van der Waals surface area contributed by atoms with Gasteiger partial charge in [0.25, 0.3) is 0 Å². The molecule has 2 heterocycles. The monoisotopic (exact) mass is 326 g/mol. The maximum atomic E-state index is 12.0. The number of hydrogen-bond donors (Lipinski definition) is 1. The van der Waals surface area contributed by atoms with Crippen molar-refractivity contribution in [3.8, 4) is 11.5 Å². The number of carbonyl (C=O) groups is 2. The molecule has 0 bridgehead atoms. The Bertz CT molecular complexity index is 834. The minimum Gasteiger partial charge on any atom is -0.461 e. The average molecular weight is 326 g/mol. The molecular weight excluding hydrogens is 312 g/mol. The van der Waals surface area contributed by atoms with Gasteiger partial charge in [-0.2, -0.15) is 0 Å². The summed E-state index contributed by atoms with van der Waals surface area (Å²) < 4.78 is 15.5. The van der Waals surface area contributed by atoms with E-state index in [9.17, 15) is 9.59 Å². The van der Waals surface area contributed by atoms with Crippen molar-refractivity contribution in [1.82, 2.24) is 5.16 Å². The quantitative estimate of drug-likeness (QED) is 0.723. The molecule has 1 amide bonds. The summed E-state index contributed by atoms with van der Waals surface area (Å²) in [5.74, 6) is 0.343. The first-order chi connectivity index (χ1) is 11.6. The molecule has 0 aliphatic heterocycles. The van der Waals surface area contributed by atoms with Crippen LogP contribution < -0.4 is 5.32 Å². The summed E-state index contributed by atoms with van der Waals surface area (Å²) in [5.41, 5.74) is 1.46. The van der Waals surface area contributed by atoms with Crippen LogP contribution in [0, 0.1) is 0 Å². The van der Waals surface area contributed by atoms with Crippen LogP contribution in [0.5, 0.6) is 0 Å². The number of amides is 1. The third-order valence-electron chi connectivity index (χ3n) is 3.12. The molecule has 0 unspecified atom stereocenters. The molecule has 3 aromatic rings. The van der Waals surface area contributed by atoms with Crippen molar-refractivity contribution in [3.63, 3.8) is 0 Å². The zero-order valence-corrected chi connectivity index (χ0v) is 12.8. The minimum atomic E-state index is -0.494. The van der Waals surface area contributed by atoms with Gasteiger partial charge in [-0.05, 0) is 36.4 Å². The van der Waals surface area contributed by atoms with Crippen molar-refractivity contribution in [1.29, 1.82) is 0 Å². The number of nitrogens with one attached hydrogen (secondary N) is 1. The second-order valence-electron chi connectivity index (χ2n) is 4.99. The Morgan fingerprint density at radius 2 is 1.96 bits per heavy atom. The summed E-state index contributed by atoms with van der Waals surface area (Å²) in [6.45, 7) is 1.40. The lowest BCUT2D eigenvalue weighted by atomic mass is 10.2. The molecule has 2 aromatic heterocycles. The number of anilines is 1. The van der Waals surface area contributed by atoms with Crippen molar-refractivity contribution >= 4 is 17.6 Å². The second kappa shape index (κ2) is 6.82. The fourth-order valence-electron chi connectivity index (χ4n) is 2.03. The van der Waals surface area contributed by atoms with E-state index in [1.54, 1.807) is 42.5 Å². The highest BCUT2D eigenvalue weighted by Crippen LogP contribution is 2.21. The Morgan fingerprint density at radius 1 is 1.17 bits per heavy atom. The van der Waals surface area contributed by atoms with Crippen LogP contribution in [-0.2, 0) is 16.1 Å². The minimum absolute atomic E-state index is 0.0174.